The van der Waals surface area contributed by atoms with E-state index in [4.69, 9.17) is 9.47 Å². The van der Waals surface area contributed by atoms with Crippen LogP contribution in [-0.2, 0) is 21.4 Å². The van der Waals surface area contributed by atoms with Gasteiger partial charge in [-0.2, -0.15) is 0 Å². The maximum atomic E-state index is 12.4. The predicted octanol–water partition coefficient (Wildman–Crippen LogP) is 3.47. The highest BCUT2D eigenvalue weighted by atomic mass is 32.2. The number of amides is 1. The molecule has 168 valence electrons. The van der Waals surface area contributed by atoms with Gasteiger partial charge in [-0.25, -0.2) is 8.42 Å². The van der Waals surface area contributed by atoms with Gasteiger partial charge in [-0.15, -0.1) is 0 Å². The second kappa shape index (κ2) is 9.48. The zero-order valence-corrected chi connectivity index (χ0v) is 18.7. The molecule has 0 bridgehead atoms. The standard InChI is InChI=1S/C24H26N2O5S/c1-32(28,29)26(20-11-12-22-23(16-20)31-15-14-30-22)13-5-10-24(27)25-17-19-8-4-7-18-6-2-3-9-21(18)19/h2-4,6-9,11-12,16H,5,10,13-15,17H2,1H3,(H,25,27). The lowest BCUT2D eigenvalue weighted by atomic mass is 10.0. The topological polar surface area (TPSA) is 84.9 Å². The molecule has 3 aromatic carbocycles. The fourth-order valence-electron chi connectivity index (χ4n) is 3.79. The Morgan fingerprint density at radius 1 is 1.00 bits per heavy atom. The highest BCUT2D eigenvalue weighted by molar-refractivity contribution is 7.92. The summed E-state index contributed by atoms with van der Waals surface area (Å²) in [6.45, 7) is 1.51. The molecule has 4 rings (SSSR count). The number of benzene rings is 3. The molecule has 0 saturated carbocycles. The van der Waals surface area contributed by atoms with Gasteiger partial charge in [0.25, 0.3) is 0 Å². The lowest BCUT2D eigenvalue weighted by molar-refractivity contribution is -0.121. The molecule has 1 aliphatic rings. The minimum absolute atomic E-state index is 0.117. The lowest BCUT2D eigenvalue weighted by Crippen LogP contribution is -2.32. The van der Waals surface area contributed by atoms with E-state index >= 15 is 0 Å². The molecule has 32 heavy (non-hydrogen) atoms. The average molecular weight is 455 g/mol. The first-order valence-corrected chi connectivity index (χ1v) is 12.4. The third kappa shape index (κ3) is 5.13. The number of rotatable bonds is 8. The van der Waals surface area contributed by atoms with E-state index in [0.717, 1.165) is 22.6 Å². The SMILES string of the molecule is CS(=O)(=O)N(CCCC(=O)NCc1cccc2ccccc12)c1ccc2c(c1)OCCO2. The molecule has 1 N–H and O–H groups in total. The maximum Gasteiger partial charge on any atom is 0.232 e. The summed E-state index contributed by atoms with van der Waals surface area (Å²) in [6.07, 6.45) is 1.77. The summed E-state index contributed by atoms with van der Waals surface area (Å²) in [5.41, 5.74) is 1.54. The fourth-order valence-corrected chi connectivity index (χ4v) is 4.74. The van der Waals surface area contributed by atoms with E-state index in [1.807, 2.05) is 42.5 Å². The number of carbonyl (C=O) groups excluding carboxylic acids is 1. The third-order valence-corrected chi connectivity index (χ3v) is 6.53. The molecule has 0 fully saturated rings. The van der Waals surface area contributed by atoms with Crippen LogP contribution in [0.4, 0.5) is 5.69 Å². The van der Waals surface area contributed by atoms with Crippen molar-refractivity contribution in [1.82, 2.24) is 5.32 Å². The summed E-state index contributed by atoms with van der Waals surface area (Å²) < 4.78 is 37.1. The predicted molar refractivity (Wildman–Crippen MR) is 125 cm³/mol. The van der Waals surface area contributed by atoms with Gasteiger partial charge in [0.1, 0.15) is 13.2 Å². The number of hydrogen-bond donors (Lipinski definition) is 1. The van der Waals surface area contributed by atoms with Crippen molar-refractivity contribution in [1.29, 1.82) is 0 Å². The molecule has 7 nitrogen and oxygen atoms in total. The molecular weight excluding hydrogens is 428 g/mol. The summed E-state index contributed by atoms with van der Waals surface area (Å²) in [5, 5.41) is 5.18. The number of nitrogens with one attached hydrogen (secondary N) is 1. The van der Waals surface area contributed by atoms with E-state index in [-0.39, 0.29) is 18.9 Å². The zero-order chi connectivity index (χ0) is 22.6. The van der Waals surface area contributed by atoms with Gasteiger partial charge in [-0.05, 0) is 34.9 Å². The van der Waals surface area contributed by atoms with Crippen LogP contribution in [0, 0.1) is 0 Å². The van der Waals surface area contributed by atoms with E-state index in [0.29, 0.717) is 43.4 Å². The van der Waals surface area contributed by atoms with Crippen LogP contribution >= 0.6 is 0 Å². The second-order valence-electron chi connectivity index (χ2n) is 7.68. The molecule has 0 saturated heterocycles. The molecule has 1 aliphatic heterocycles. The number of nitrogens with zero attached hydrogens (tertiary/aromatic N) is 1. The largest absolute Gasteiger partial charge is 0.486 e. The van der Waals surface area contributed by atoms with Crippen molar-refractivity contribution in [3.8, 4) is 11.5 Å². The smallest absolute Gasteiger partial charge is 0.232 e. The zero-order valence-electron chi connectivity index (χ0n) is 17.9. The number of anilines is 1. The van der Waals surface area contributed by atoms with Crippen molar-refractivity contribution in [3.05, 3.63) is 66.2 Å². The molecular formula is C24H26N2O5S. The monoisotopic (exact) mass is 454 g/mol. The Morgan fingerprint density at radius 3 is 2.56 bits per heavy atom. The molecule has 3 aromatic rings. The molecule has 0 unspecified atom stereocenters. The minimum Gasteiger partial charge on any atom is -0.486 e. The van der Waals surface area contributed by atoms with Crippen LogP contribution in [0.15, 0.2) is 60.7 Å². The van der Waals surface area contributed by atoms with Gasteiger partial charge in [0.2, 0.25) is 15.9 Å². The average Bonchev–Trinajstić information content (AvgIpc) is 2.79. The van der Waals surface area contributed by atoms with Crippen molar-refractivity contribution in [2.45, 2.75) is 19.4 Å². The quantitative estimate of drug-likeness (QED) is 0.563. The first-order chi connectivity index (χ1) is 15.4. The van der Waals surface area contributed by atoms with Crippen LogP contribution in [0.25, 0.3) is 10.8 Å². The number of carbonyl (C=O) groups is 1. The first-order valence-electron chi connectivity index (χ1n) is 10.5. The van der Waals surface area contributed by atoms with Gasteiger partial charge >= 0.3 is 0 Å². The highest BCUT2D eigenvalue weighted by Gasteiger charge is 2.21. The van der Waals surface area contributed by atoms with Gasteiger partial charge in [-0.3, -0.25) is 9.10 Å². The van der Waals surface area contributed by atoms with Gasteiger partial charge in [0, 0.05) is 25.6 Å². The summed E-state index contributed by atoms with van der Waals surface area (Å²) >= 11 is 0. The number of fused-ring (bicyclic) bond motifs is 2. The third-order valence-electron chi connectivity index (χ3n) is 5.34. The van der Waals surface area contributed by atoms with Crippen molar-refractivity contribution >= 4 is 32.4 Å². The Kier molecular flexibility index (Phi) is 6.50. The van der Waals surface area contributed by atoms with Crippen LogP contribution in [0.5, 0.6) is 11.5 Å². The molecule has 0 spiro atoms. The number of hydrogen-bond acceptors (Lipinski definition) is 5. The van der Waals surface area contributed by atoms with Crippen LogP contribution in [0.2, 0.25) is 0 Å². The lowest BCUT2D eigenvalue weighted by Gasteiger charge is -2.25. The maximum absolute atomic E-state index is 12.4. The van der Waals surface area contributed by atoms with Crippen molar-refractivity contribution in [2.75, 3.05) is 30.3 Å². The van der Waals surface area contributed by atoms with E-state index < -0.39 is 10.0 Å². The highest BCUT2D eigenvalue weighted by Crippen LogP contribution is 2.34. The summed E-state index contributed by atoms with van der Waals surface area (Å²) in [4.78, 5) is 12.4. The van der Waals surface area contributed by atoms with Crippen molar-refractivity contribution in [3.63, 3.8) is 0 Å². The molecule has 8 heteroatoms. The van der Waals surface area contributed by atoms with E-state index in [1.165, 1.54) is 4.31 Å². The Labute approximate surface area is 188 Å². The molecule has 0 aromatic heterocycles. The molecule has 0 radical (unpaired) electrons. The van der Waals surface area contributed by atoms with Crippen LogP contribution < -0.4 is 19.1 Å². The van der Waals surface area contributed by atoms with Crippen LogP contribution in [-0.4, -0.2) is 40.3 Å². The van der Waals surface area contributed by atoms with E-state index in [1.54, 1.807) is 18.2 Å². The van der Waals surface area contributed by atoms with Crippen LogP contribution in [0.3, 0.4) is 0 Å². The number of sulfonamides is 1. The Hall–Kier alpha value is -3.26. The minimum atomic E-state index is -3.52. The Morgan fingerprint density at radius 2 is 1.75 bits per heavy atom. The molecule has 0 atom stereocenters. The molecule has 1 amide bonds. The van der Waals surface area contributed by atoms with E-state index in [9.17, 15) is 13.2 Å². The van der Waals surface area contributed by atoms with Gasteiger partial charge in [0.15, 0.2) is 11.5 Å². The number of ether oxygens (including phenoxy) is 2. The molecule has 1 heterocycles. The molecule has 0 aliphatic carbocycles. The van der Waals surface area contributed by atoms with E-state index in [2.05, 4.69) is 5.32 Å². The van der Waals surface area contributed by atoms with Crippen LogP contribution in [0.1, 0.15) is 18.4 Å². The normalized spacial score (nSPS) is 13.0. The van der Waals surface area contributed by atoms with Crippen molar-refractivity contribution < 1.29 is 22.7 Å². The van der Waals surface area contributed by atoms with Crippen molar-refractivity contribution in [2.24, 2.45) is 0 Å². The summed E-state index contributed by atoms with van der Waals surface area (Å²) in [5.74, 6) is 1.00. The first kappa shape index (κ1) is 22.0. The Bertz CT molecular complexity index is 1220. The van der Waals surface area contributed by atoms with Gasteiger partial charge in [0.05, 0.1) is 11.9 Å². The summed E-state index contributed by atoms with van der Waals surface area (Å²) in [7, 11) is -3.52. The van der Waals surface area contributed by atoms with Gasteiger partial charge < -0.3 is 14.8 Å². The second-order valence-corrected chi connectivity index (χ2v) is 9.59. The van der Waals surface area contributed by atoms with Gasteiger partial charge in [-0.1, -0.05) is 42.5 Å². The summed E-state index contributed by atoms with van der Waals surface area (Å²) in [6, 6.07) is 19.1. The fraction of sp³-hybridized carbons (Fsp3) is 0.292. The Balaban J connectivity index is 1.35.